The predicted molar refractivity (Wildman–Crippen MR) is 74.9 cm³/mol. The van der Waals surface area contributed by atoms with E-state index in [-0.39, 0.29) is 0 Å². The van der Waals surface area contributed by atoms with E-state index in [4.69, 9.17) is 5.73 Å². The zero-order valence-corrected chi connectivity index (χ0v) is 11.2. The van der Waals surface area contributed by atoms with Gasteiger partial charge < -0.3 is 10.6 Å². The van der Waals surface area contributed by atoms with Gasteiger partial charge in [-0.25, -0.2) is 4.98 Å². The number of aromatic nitrogens is 1. The van der Waals surface area contributed by atoms with Gasteiger partial charge in [-0.3, -0.25) is 0 Å². The molecule has 0 saturated heterocycles. The lowest BCUT2D eigenvalue weighted by molar-refractivity contribution is 0.899. The maximum absolute atomic E-state index is 5.67. The molecule has 0 atom stereocenters. The molecule has 0 unspecified atom stereocenters. The van der Waals surface area contributed by atoms with Crippen molar-refractivity contribution < 1.29 is 0 Å². The summed E-state index contributed by atoms with van der Waals surface area (Å²) in [5.74, 6) is 1.43. The Kier molecular flexibility index (Phi) is 3.64. The van der Waals surface area contributed by atoms with Gasteiger partial charge in [0.05, 0.1) is 0 Å². The summed E-state index contributed by atoms with van der Waals surface area (Å²) >= 11 is 3.42. The lowest BCUT2D eigenvalue weighted by Gasteiger charge is -2.18. The standard InChI is InChI=1S/C13H14BrN3/c1-17(13-4-2-3-12(15)16-13)9-10-5-7-11(14)8-6-10/h2-8H,9H2,1H3,(H2,15,16). The van der Waals surface area contributed by atoms with E-state index in [1.807, 2.05) is 31.3 Å². The summed E-state index contributed by atoms with van der Waals surface area (Å²) < 4.78 is 1.09. The van der Waals surface area contributed by atoms with E-state index in [2.05, 4.69) is 37.9 Å². The molecule has 0 aliphatic heterocycles. The van der Waals surface area contributed by atoms with Crippen LogP contribution in [0.2, 0.25) is 0 Å². The molecule has 0 amide bonds. The van der Waals surface area contributed by atoms with Gasteiger partial charge in [0.2, 0.25) is 0 Å². The summed E-state index contributed by atoms with van der Waals surface area (Å²) in [6, 6.07) is 13.9. The van der Waals surface area contributed by atoms with Crippen molar-refractivity contribution in [1.82, 2.24) is 4.98 Å². The van der Waals surface area contributed by atoms with Crippen molar-refractivity contribution in [3.63, 3.8) is 0 Å². The second-order valence-electron chi connectivity index (χ2n) is 3.90. The van der Waals surface area contributed by atoms with Gasteiger partial charge >= 0.3 is 0 Å². The molecule has 1 aromatic heterocycles. The number of benzene rings is 1. The van der Waals surface area contributed by atoms with E-state index in [9.17, 15) is 0 Å². The number of nitrogen functional groups attached to an aromatic ring is 1. The van der Waals surface area contributed by atoms with Crippen molar-refractivity contribution in [2.75, 3.05) is 17.7 Å². The van der Waals surface area contributed by atoms with Crippen molar-refractivity contribution in [1.29, 1.82) is 0 Å². The largest absolute Gasteiger partial charge is 0.384 e. The van der Waals surface area contributed by atoms with Gasteiger partial charge in [-0.2, -0.15) is 0 Å². The first-order chi connectivity index (χ1) is 8.15. The summed E-state index contributed by atoms with van der Waals surface area (Å²) in [7, 11) is 2.00. The molecule has 0 spiro atoms. The van der Waals surface area contributed by atoms with Crippen LogP contribution in [-0.4, -0.2) is 12.0 Å². The SMILES string of the molecule is CN(Cc1ccc(Br)cc1)c1cccc(N)n1. The molecule has 2 rings (SSSR count). The van der Waals surface area contributed by atoms with Crippen LogP contribution >= 0.6 is 15.9 Å². The number of hydrogen-bond donors (Lipinski definition) is 1. The number of halogens is 1. The van der Waals surface area contributed by atoms with E-state index in [1.54, 1.807) is 6.07 Å². The first-order valence-electron chi connectivity index (χ1n) is 5.33. The minimum Gasteiger partial charge on any atom is -0.384 e. The highest BCUT2D eigenvalue weighted by Crippen LogP contribution is 2.16. The van der Waals surface area contributed by atoms with E-state index >= 15 is 0 Å². The molecule has 0 aliphatic carbocycles. The molecule has 3 nitrogen and oxygen atoms in total. The van der Waals surface area contributed by atoms with Gasteiger partial charge in [-0.15, -0.1) is 0 Å². The second kappa shape index (κ2) is 5.19. The van der Waals surface area contributed by atoms with Crippen molar-refractivity contribution in [3.8, 4) is 0 Å². The Morgan fingerprint density at radius 2 is 1.88 bits per heavy atom. The van der Waals surface area contributed by atoms with Crippen LogP contribution in [0.25, 0.3) is 0 Å². The van der Waals surface area contributed by atoms with E-state index in [0.717, 1.165) is 16.8 Å². The van der Waals surface area contributed by atoms with E-state index < -0.39 is 0 Å². The second-order valence-corrected chi connectivity index (χ2v) is 4.82. The monoisotopic (exact) mass is 291 g/mol. The molecule has 2 aromatic rings. The Hall–Kier alpha value is -1.55. The van der Waals surface area contributed by atoms with Crippen LogP contribution in [0.1, 0.15) is 5.56 Å². The predicted octanol–water partition coefficient (Wildman–Crippen LogP) is 3.06. The number of anilines is 2. The van der Waals surface area contributed by atoms with Crippen LogP contribution in [0.5, 0.6) is 0 Å². The third kappa shape index (κ3) is 3.20. The summed E-state index contributed by atoms with van der Waals surface area (Å²) in [5, 5.41) is 0. The van der Waals surface area contributed by atoms with Crippen LogP contribution in [0.3, 0.4) is 0 Å². The highest BCUT2D eigenvalue weighted by atomic mass is 79.9. The maximum atomic E-state index is 5.67. The van der Waals surface area contributed by atoms with Gasteiger partial charge in [0.1, 0.15) is 11.6 Å². The number of nitrogens with two attached hydrogens (primary N) is 1. The highest BCUT2D eigenvalue weighted by molar-refractivity contribution is 9.10. The Labute approximate surface area is 109 Å². The van der Waals surface area contributed by atoms with Gasteiger partial charge in [-0.05, 0) is 29.8 Å². The van der Waals surface area contributed by atoms with E-state index in [0.29, 0.717) is 5.82 Å². The molecule has 1 heterocycles. The van der Waals surface area contributed by atoms with Crippen molar-refractivity contribution in [2.24, 2.45) is 0 Å². The summed E-state index contributed by atoms with van der Waals surface area (Å²) in [4.78, 5) is 6.35. The molecule has 0 fully saturated rings. The molecule has 88 valence electrons. The number of rotatable bonds is 3. The van der Waals surface area contributed by atoms with Crippen molar-refractivity contribution in [2.45, 2.75) is 6.54 Å². The summed E-state index contributed by atoms with van der Waals surface area (Å²) in [6.45, 7) is 0.809. The van der Waals surface area contributed by atoms with Crippen LogP contribution in [0.4, 0.5) is 11.6 Å². The Bertz CT molecular complexity index is 496. The fourth-order valence-electron chi connectivity index (χ4n) is 1.60. The number of nitrogens with zero attached hydrogens (tertiary/aromatic N) is 2. The summed E-state index contributed by atoms with van der Waals surface area (Å²) in [6.07, 6.45) is 0. The minimum atomic E-state index is 0.546. The van der Waals surface area contributed by atoms with Gasteiger partial charge in [-0.1, -0.05) is 34.1 Å². The van der Waals surface area contributed by atoms with Crippen LogP contribution < -0.4 is 10.6 Å². The van der Waals surface area contributed by atoms with Crippen LogP contribution in [0.15, 0.2) is 46.9 Å². The van der Waals surface area contributed by atoms with Gasteiger partial charge in [0.15, 0.2) is 0 Å². The number of pyridine rings is 1. The first kappa shape index (κ1) is 11.9. The number of hydrogen-bond acceptors (Lipinski definition) is 3. The highest BCUT2D eigenvalue weighted by Gasteiger charge is 2.03. The molecule has 4 heteroatoms. The van der Waals surface area contributed by atoms with Crippen LogP contribution in [-0.2, 0) is 6.54 Å². The quantitative estimate of drug-likeness (QED) is 0.945. The average molecular weight is 292 g/mol. The molecule has 2 N–H and O–H groups in total. The average Bonchev–Trinajstić information content (AvgIpc) is 2.32. The zero-order chi connectivity index (χ0) is 12.3. The fourth-order valence-corrected chi connectivity index (χ4v) is 1.86. The lowest BCUT2D eigenvalue weighted by atomic mass is 10.2. The van der Waals surface area contributed by atoms with Crippen molar-refractivity contribution in [3.05, 3.63) is 52.5 Å². The lowest BCUT2D eigenvalue weighted by Crippen LogP contribution is -2.17. The molecule has 1 aromatic carbocycles. The topological polar surface area (TPSA) is 42.1 Å². The summed E-state index contributed by atoms with van der Waals surface area (Å²) in [5.41, 5.74) is 6.90. The molecule has 0 saturated carbocycles. The van der Waals surface area contributed by atoms with E-state index in [1.165, 1.54) is 5.56 Å². The van der Waals surface area contributed by atoms with Crippen molar-refractivity contribution >= 4 is 27.6 Å². The normalized spacial score (nSPS) is 10.2. The molecule has 0 radical (unpaired) electrons. The molecular formula is C13H14BrN3. The first-order valence-corrected chi connectivity index (χ1v) is 6.12. The van der Waals surface area contributed by atoms with Gasteiger partial charge in [0, 0.05) is 18.1 Å². The molecule has 0 aliphatic rings. The van der Waals surface area contributed by atoms with Gasteiger partial charge in [0.25, 0.3) is 0 Å². The molecule has 17 heavy (non-hydrogen) atoms. The maximum Gasteiger partial charge on any atom is 0.130 e. The Morgan fingerprint density at radius 1 is 1.18 bits per heavy atom. The Balaban J connectivity index is 2.11. The minimum absolute atomic E-state index is 0.546. The molecule has 0 bridgehead atoms. The smallest absolute Gasteiger partial charge is 0.130 e. The molecular weight excluding hydrogens is 278 g/mol. The third-order valence-corrected chi connectivity index (χ3v) is 3.01. The Morgan fingerprint density at radius 3 is 2.53 bits per heavy atom. The third-order valence-electron chi connectivity index (χ3n) is 2.48. The van der Waals surface area contributed by atoms with Crippen LogP contribution in [0, 0.1) is 0 Å². The fraction of sp³-hybridized carbons (Fsp3) is 0.154. The zero-order valence-electron chi connectivity index (χ0n) is 9.60.